The molecule has 2 N–H and O–H groups in total. The monoisotopic (exact) mass is 436 g/mol. The summed E-state index contributed by atoms with van der Waals surface area (Å²) in [6, 6.07) is 14.8. The van der Waals surface area contributed by atoms with Crippen LogP contribution in [-0.2, 0) is 29.7 Å². The smallest absolute Gasteiger partial charge is 0.332 e. The second kappa shape index (κ2) is 8.62. The maximum atomic E-state index is 13.0. The molecular formula is C23H21FN4O4. The van der Waals surface area contributed by atoms with Gasteiger partial charge in [-0.2, -0.15) is 0 Å². The number of nitrogens with zero attached hydrogens (tertiary/aromatic N) is 2. The van der Waals surface area contributed by atoms with Gasteiger partial charge in [-0.15, -0.1) is 0 Å². The molecule has 4 rings (SSSR count). The van der Waals surface area contributed by atoms with E-state index in [-0.39, 0.29) is 36.7 Å². The van der Waals surface area contributed by atoms with E-state index in [1.807, 2.05) is 30.3 Å². The highest BCUT2D eigenvalue weighted by molar-refractivity contribution is 6.04. The maximum Gasteiger partial charge on any atom is 0.332 e. The Morgan fingerprint density at radius 1 is 1.03 bits per heavy atom. The minimum absolute atomic E-state index is 0.102. The molecule has 2 heterocycles. The number of hydrogen-bond acceptors (Lipinski definition) is 4. The van der Waals surface area contributed by atoms with Gasteiger partial charge in [-0.3, -0.25) is 23.5 Å². The normalized spacial score (nSPS) is 14.7. The first kappa shape index (κ1) is 21.2. The average molecular weight is 436 g/mol. The summed E-state index contributed by atoms with van der Waals surface area (Å²) < 4.78 is 15.3. The summed E-state index contributed by atoms with van der Waals surface area (Å²) in [4.78, 5) is 50.7. The third kappa shape index (κ3) is 4.09. The van der Waals surface area contributed by atoms with Crippen LogP contribution in [0.1, 0.15) is 29.0 Å². The van der Waals surface area contributed by atoms with Crippen LogP contribution in [0.25, 0.3) is 0 Å². The Morgan fingerprint density at radius 3 is 2.41 bits per heavy atom. The largest absolute Gasteiger partial charge is 0.352 e. The summed E-state index contributed by atoms with van der Waals surface area (Å²) in [5.41, 5.74) is 0.460. The lowest BCUT2D eigenvalue weighted by atomic mass is 9.99. The number of aromatic nitrogens is 2. The molecule has 0 fully saturated rings. The van der Waals surface area contributed by atoms with Gasteiger partial charge in [0.1, 0.15) is 11.6 Å². The zero-order valence-electron chi connectivity index (χ0n) is 17.3. The van der Waals surface area contributed by atoms with Crippen LogP contribution >= 0.6 is 0 Å². The molecule has 0 spiro atoms. The fourth-order valence-electron chi connectivity index (χ4n) is 3.74. The maximum absolute atomic E-state index is 13.0. The van der Waals surface area contributed by atoms with E-state index >= 15 is 0 Å². The predicted octanol–water partition coefficient (Wildman–Crippen LogP) is 1.48. The van der Waals surface area contributed by atoms with Crippen molar-refractivity contribution in [1.29, 1.82) is 0 Å². The average Bonchev–Trinajstić information content (AvgIpc) is 3.11. The Balaban J connectivity index is 1.59. The number of carbonyl (C=O) groups excluding carboxylic acids is 2. The van der Waals surface area contributed by atoms with E-state index in [4.69, 9.17) is 0 Å². The van der Waals surface area contributed by atoms with Gasteiger partial charge in [-0.1, -0.05) is 42.5 Å². The van der Waals surface area contributed by atoms with Gasteiger partial charge in [0.2, 0.25) is 11.8 Å². The van der Waals surface area contributed by atoms with Crippen molar-refractivity contribution in [3.63, 3.8) is 0 Å². The van der Waals surface area contributed by atoms with E-state index < -0.39 is 29.0 Å². The van der Waals surface area contributed by atoms with Crippen LogP contribution in [0.4, 0.5) is 10.2 Å². The number of fused-ring (bicyclic) bond motifs is 1. The van der Waals surface area contributed by atoms with Gasteiger partial charge in [-0.25, -0.2) is 9.18 Å². The molecule has 32 heavy (non-hydrogen) atoms. The molecule has 0 saturated carbocycles. The number of hydrogen-bond donors (Lipinski definition) is 2. The standard InChI is InChI=1S/C23H21FN4O4/c1-27-22(31)19-17(11-18(29)25-12-14-7-9-16(24)10-8-14)21(30)26-20(19)28(23(27)32)13-15-5-3-2-4-6-15/h2-10,17H,11-13H2,1H3,(H,25,29)(H,26,30). The third-order valence-corrected chi connectivity index (χ3v) is 5.46. The minimum atomic E-state index is -1.01. The Hall–Kier alpha value is -4.01. The third-order valence-electron chi connectivity index (χ3n) is 5.46. The summed E-state index contributed by atoms with van der Waals surface area (Å²) in [7, 11) is 1.35. The number of carbonyl (C=O) groups is 2. The lowest BCUT2D eigenvalue weighted by molar-refractivity contribution is -0.125. The molecule has 2 amide bonds. The summed E-state index contributed by atoms with van der Waals surface area (Å²) in [6.45, 7) is 0.325. The number of halogens is 1. The van der Waals surface area contributed by atoms with Gasteiger partial charge in [0.05, 0.1) is 18.0 Å². The molecule has 1 aromatic heterocycles. The van der Waals surface area contributed by atoms with Crippen LogP contribution in [0, 0.1) is 5.82 Å². The van der Waals surface area contributed by atoms with Gasteiger partial charge in [0.15, 0.2) is 0 Å². The second-order valence-electron chi connectivity index (χ2n) is 7.63. The molecule has 1 aliphatic rings. The van der Waals surface area contributed by atoms with E-state index in [1.54, 1.807) is 12.1 Å². The highest BCUT2D eigenvalue weighted by Gasteiger charge is 2.38. The van der Waals surface area contributed by atoms with Crippen molar-refractivity contribution in [2.75, 3.05) is 5.32 Å². The highest BCUT2D eigenvalue weighted by Crippen LogP contribution is 2.31. The van der Waals surface area contributed by atoms with Crippen molar-refractivity contribution < 1.29 is 14.0 Å². The zero-order chi connectivity index (χ0) is 22.8. The van der Waals surface area contributed by atoms with Crippen LogP contribution < -0.4 is 21.9 Å². The SMILES string of the molecule is Cn1c(=O)c2c(n(Cc3ccccc3)c1=O)NC(=O)C2CC(=O)NCc1ccc(F)cc1. The number of benzene rings is 2. The van der Waals surface area contributed by atoms with Gasteiger partial charge >= 0.3 is 5.69 Å². The van der Waals surface area contributed by atoms with Crippen molar-refractivity contribution in [3.8, 4) is 0 Å². The lowest BCUT2D eigenvalue weighted by Gasteiger charge is -2.14. The van der Waals surface area contributed by atoms with Gasteiger partial charge in [-0.05, 0) is 23.3 Å². The fraction of sp³-hybridized carbons (Fsp3) is 0.217. The number of rotatable bonds is 6. The summed E-state index contributed by atoms with van der Waals surface area (Å²) >= 11 is 0. The lowest BCUT2D eigenvalue weighted by Crippen LogP contribution is -2.40. The Labute approximate surface area is 182 Å². The Kier molecular flexibility index (Phi) is 5.72. The van der Waals surface area contributed by atoms with E-state index in [0.717, 1.165) is 10.1 Å². The zero-order valence-corrected chi connectivity index (χ0v) is 17.3. The molecule has 8 nitrogen and oxygen atoms in total. The molecule has 0 radical (unpaired) electrons. The molecule has 0 bridgehead atoms. The number of amides is 2. The van der Waals surface area contributed by atoms with E-state index in [0.29, 0.717) is 5.56 Å². The molecule has 1 atom stereocenters. The first-order valence-corrected chi connectivity index (χ1v) is 10.0. The molecule has 9 heteroatoms. The fourth-order valence-corrected chi connectivity index (χ4v) is 3.74. The van der Waals surface area contributed by atoms with E-state index in [9.17, 15) is 23.6 Å². The van der Waals surface area contributed by atoms with Crippen molar-refractivity contribution in [2.24, 2.45) is 7.05 Å². The minimum Gasteiger partial charge on any atom is -0.352 e. The Morgan fingerprint density at radius 2 is 1.72 bits per heavy atom. The van der Waals surface area contributed by atoms with Crippen molar-refractivity contribution in [3.05, 3.63) is 97.9 Å². The van der Waals surface area contributed by atoms with Crippen LogP contribution in [0.2, 0.25) is 0 Å². The van der Waals surface area contributed by atoms with Gasteiger partial charge in [0, 0.05) is 20.0 Å². The van der Waals surface area contributed by atoms with Gasteiger partial charge in [0.25, 0.3) is 5.56 Å². The molecule has 1 aliphatic heterocycles. The van der Waals surface area contributed by atoms with E-state index in [2.05, 4.69) is 10.6 Å². The Bertz CT molecular complexity index is 1300. The summed E-state index contributed by atoms with van der Waals surface area (Å²) in [5.74, 6) is -2.22. The first-order chi connectivity index (χ1) is 15.3. The van der Waals surface area contributed by atoms with E-state index in [1.165, 1.54) is 23.7 Å². The summed E-state index contributed by atoms with van der Waals surface area (Å²) in [5, 5.41) is 5.30. The summed E-state index contributed by atoms with van der Waals surface area (Å²) in [6.07, 6.45) is -0.251. The van der Waals surface area contributed by atoms with Crippen molar-refractivity contribution >= 4 is 17.6 Å². The van der Waals surface area contributed by atoms with Crippen LogP contribution in [0.5, 0.6) is 0 Å². The quantitative estimate of drug-likeness (QED) is 0.611. The second-order valence-corrected chi connectivity index (χ2v) is 7.63. The topological polar surface area (TPSA) is 102 Å². The molecule has 0 saturated heterocycles. The molecule has 2 aromatic carbocycles. The molecular weight excluding hydrogens is 415 g/mol. The number of nitrogens with one attached hydrogen (secondary N) is 2. The molecule has 164 valence electrons. The molecule has 0 aliphatic carbocycles. The van der Waals surface area contributed by atoms with Crippen molar-refractivity contribution in [1.82, 2.24) is 14.5 Å². The number of anilines is 1. The van der Waals surface area contributed by atoms with Gasteiger partial charge < -0.3 is 10.6 Å². The first-order valence-electron chi connectivity index (χ1n) is 10.0. The van der Waals surface area contributed by atoms with Crippen LogP contribution in [0.15, 0.2) is 64.2 Å². The molecule has 3 aromatic rings. The highest BCUT2D eigenvalue weighted by atomic mass is 19.1. The predicted molar refractivity (Wildman–Crippen MR) is 116 cm³/mol. The van der Waals surface area contributed by atoms with Crippen LogP contribution in [0.3, 0.4) is 0 Å². The van der Waals surface area contributed by atoms with Crippen LogP contribution in [-0.4, -0.2) is 20.9 Å². The van der Waals surface area contributed by atoms with Crippen molar-refractivity contribution in [2.45, 2.75) is 25.4 Å². The molecule has 1 unspecified atom stereocenters.